The van der Waals surface area contributed by atoms with E-state index in [0.29, 0.717) is 5.69 Å². The molecule has 5 nitrogen and oxygen atoms in total. The third-order valence-corrected chi connectivity index (χ3v) is 7.59. The molecule has 0 aliphatic rings. The first-order chi connectivity index (χ1) is 13.5. The van der Waals surface area contributed by atoms with Crippen LogP contribution in [0.4, 0.5) is 5.69 Å². The fraction of sp³-hybridized carbons (Fsp3) is 0.150. The number of hydrogen-bond donors (Lipinski definition) is 2. The number of thioether (sulfide) groups is 1. The van der Waals surface area contributed by atoms with Crippen molar-refractivity contribution in [3.05, 3.63) is 77.7 Å². The maximum Gasteiger partial charge on any atom is 0.250 e. The fourth-order valence-corrected chi connectivity index (χ4v) is 5.29. The number of sulfonamides is 1. The summed E-state index contributed by atoms with van der Waals surface area (Å²) in [6.45, 7) is 0. The van der Waals surface area contributed by atoms with Gasteiger partial charge in [-0.3, -0.25) is 4.79 Å². The van der Waals surface area contributed by atoms with Crippen molar-refractivity contribution < 1.29 is 13.2 Å². The maximum absolute atomic E-state index is 12.9. The number of rotatable bonds is 8. The summed E-state index contributed by atoms with van der Waals surface area (Å²) in [5.74, 6) is -0.401. The Kier molecular flexibility index (Phi) is 6.90. The number of amides is 1. The lowest BCUT2D eigenvalue weighted by Gasteiger charge is -2.18. The van der Waals surface area contributed by atoms with E-state index < -0.39 is 22.0 Å². The summed E-state index contributed by atoms with van der Waals surface area (Å²) >= 11 is 2.68. The molecule has 3 aromatic rings. The number of benzene rings is 2. The van der Waals surface area contributed by atoms with E-state index in [2.05, 4.69) is 10.0 Å². The highest BCUT2D eigenvalue weighted by atomic mass is 32.2. The monoisotopic (exact) mass is 432 g/mol. The van der Waals surface area contributed by atoms with E-state index in [-0.39, 0.29) is 10.6 Å². The van der Waals surface area contributed by atoms with Gasteiger partial charge in [-0.25, -0.2) is 8.42 Å². The van der Waals surface area contributed by atoms with Crippen molar-refractivity contribution in [1.82, 2.24) is 4.72 Å². The van der Waals surface area contributed by atoms with Gasteiger partial charge < -0.3 is 5.32 Å². The highest BCUT2D eigenvalue weighted by Crippen LogP contribution is 2.20. The molecule has 1 aromatic heterocycles. The Hall–Kier alpha value is -2.13. The van der Waals surface area contributed by atoms with Crippen LogP contribution in [-0.2, 0) is 21.2 Å². The summed E-state index contributed by atoms with van der Waals surface area (Å²) in [5.41, 5.74) is 1.50. The van der Waals surface area contributed by atoms with Gasteiger partial charge in [0.1, 0.15) is 10.3 Å². The second-order valence-corrected chi connectivity index (χ2v) is 9.79. The molecule has 2 N–H and O–H groups in total. The predicted octanol–water partition coefficient (Wildman–Crippen LogP) is 4.00. The van der Waals surface area contributed by atoms with Gasteiger partial charge >= 0.3 is 0 Å². The summed E-state index contributed by atoms with van der Waals surface area (Å²) in [6, 6.07) is 19.0. The molecule has 1 heterocycles. The summed E-state index contributed by atoms with van der Waals surface area (Å²) in [5, 5.41) is 4.52. The molecular formula is C20H20N2O3S3. The number of nitrogens with one attached hydrogen (secondary N) is 2. The molecule has 0 radical (unpaired) electrons. The minimum Gasteiger partial charge on any atom is -0.325 e. The first-order valence-corrected chi connectivity index (χ1v) is 12.1. The summed E-state index contributed by atoms with van der Waals surface area (Å²) in [6.07, 6.45) is 2.20. The summed E-state index contributed by atoms with van der Waals surface area (Å²) in [7, 11) is -3.78. The van der Waals surface area contributed by atoms with E-state index in [0.717, 1.165) is 21.8 Å². The highest BCUT2D eigenvalue weighted by molar-refractivity contribution is 7.98. The number of thiophene rings is 1. The smallest absolute Gasteiger partial charge is 0.250 e. The SMILES string of the molecule is CSc1cccc(NC(=O)[C@@H](Cc2ccccc2)NS(=O)(=O)c2cccs2)c1. The van der Waals surface area contributed by atoms with Crippen molar-refractivity contribution in [2.24, 2.45) is 0 Å². The van der Waals surface area contributed by atoms with Crippen LogP contribution in [0.1, 0.15) is 5.56 Å². The van der Waals surface area contributed by atoms with Gasteiger partial charge in [0.15, 0.2) is 0 Å². The van der Waals surface area contributed by atoms with Gasteiger partial charge in [0, 0.05) is 10.6 Å². The lowest BCUT2D eigenvalue weighted by atomic mass is 10.1. The topological polar surface area (TPSA) is 75.3 Å². The second kappa shape index (κ2) is 9.38. The number of carbonyl (C=O) groups is 1. The first-order valence-electron chi connectivity index (χ1n) is 8.52. The summed E-state index contributed by atoms with van der Waals surface area (Å²) < 4.78 is 28.1. The van der Waals surface area contributed by atoms with E-state index in [1.54, 1.807) is 29.3 Å². The Morgan fingerprint density at radius 2 is 1.86 bits per heavy atom. The quantitative estimate of drug-likeness (QED) is 0.528. The minimum absolute atomic E-state index is 0.183. The van der Waals surface area contributed by atoms with Crippen LogP contribution < -0.4 is 10.0 Å². The lowest BCUT2D eigenvalue weighted by Crippen LogP contribution is -2.45. The number of anilines is 1. The third-order valence-electron chi connectivity index (χ3n) is 3.99. The van der Waals surface area contributed by atoms with Gasteiger partial charge in [0.25, 0.3) is 10.0 Å². The minimum atomic E-state index is -3.78. The molecule has 0 spiro atoms. The van der Waals surface area contributed by atoms with E-state index in [1.807, 2.05) is 54.8 Å². The van der Waals surface area contributed by atoms with Crippen LogP contribution in [-0.4, -0.2) is 26.6 Å². The molecule has 0 unspecified atom stereocenters. The molecule has 0 aliphatic heterocycles. The number of hydrogen-bond acceptors (Lipinski definition) is 5. The van der Waals surface area contributed by atoms with Gasteiger partial charge in [-0.15, -0.1) is 23.1 Å². The average molecular weight is 433 g/mol. The molecule has 0 fully saturated rings. The van der Waals surface area contributed by atoms with Crippen LogP contribution in [0.3, 0.4) is 0 Å². The average Bonchev–Trinajstić information content (AvgIpc) is 3.24. The van der Waals surface area contributed by atoms with Crippen LogP contribution in [0, 0.1) is 0 Å². The molecule has 1 amide bonds. The zero-order chi connectivity index (χ0) is 20.0. The predicted molar refractivity (Wildman–Crippen MR) is 115 cm³/mol. The largest absolute Gasteiger partial charge is 0.325 e. The Morgan fingerprint density at radius 3 is 2.54 bits per heavy atom. The lowest BCUT2D eigenvalue weighted by molar-refractivity contribution is -0.117. The third kappa shape index (κ3) is 5.45. The van der Waals surface area contributed by atoms with E-state index in [4.69, 9.17) is 0 Å². The molecule has 8 heteroatoms. The Labute approximate surface area is 173 Å². The Morgan fingerprint density at radius 1 is 1.07 bits per heavy atom. The van der Waals surface area contributed by atoms with Crippen LogP contribution >= 0.6 is 23.1 Å². The zero-order valence-electron chi connectivity index (χ0n) is 15.2. The Balaban J connectivity index is 1.83. The van der Waals surface area contributed by atoms with Gasteiger partial charge in [-0.2, -0.15) is 4.72 Å². The van der Waals surface area contributed by atoms with Crippen molar-refractivity contribution >= 4 is 44.7 Å². The normalized spacial score (nSPS) is 12.5. The maximum atomic E-state index is 12.9. The molecule has 0 saturated carbocycles. The molecule has 146 valence electrons. The van der Waals surface area contributed by atoms with E-state index in [9.17, 15) is 13.2 Å². The first kappa shape index (κ1) is 20.6. The molecule has 0 bridgehead atoms. The van der Waals surface area contributed by atoms with Gasteiger partial charge in [0.2, 0.25) is 5.91 Å². The van der Waals surface area contributed by atoms with Crippen molar-refractivity contribution in [2.75, 3.05) is 11.6 Å². The standard InChI is InChI=1S/C20H20N2O3S3/c1-26-17-10-5-9-16(14-17)21-20(23)18(13-15-7-3-2-4-8-15)22-28(24,25)19-11-6-12-27-19/h2-12,14,18,22H,13H2,1H3,(H,21,23)/t18-/m1/s1. The molecule has 28 heavy (non-hydrogen) atoms. The summed E-state index contributed by atoms with van der Waals surface area (Å²) in [4.78, 5) is 13.9. The molecule has 3 rings (SSSR count). The molecular weight excluding hydrogens is 412 g/mol. The van der Waals surface area contributed by atoms with Crippen molar-refractivity contribution in [1.29, 1.82) is 0 Å². The molecule has 2 aromatic carbocycles. The van der Waals surface area contributed by atoms with Crippen molar-refractivity contribution in [3.63, 3.8) is 0 Å². The molecule has 0 aliphatic carbocycles. The van der Waals surface area contributed by atoms with Crippen LogP contribution in [0.25, 0.3) is 0 Å². The van der Waals surface area contributed by atoms with Gasteiger partial charge in [-0.05, 0) is 47.9 Å². The van der Waals surface area contributed by atoms with E-state index >= 15 is 0 Å². The second-order valence-electron chi connectivity index (χ2n) is 6.02. The van der Waals surface area contributed by atoms with Gasteiger partial charge in [-0.1, -0.05) is 42.5 Å². The van der Waals surface area contributed by atoms with Crippen molar-refractivity contribution in [3.8, 4) is 0 Å². The van der Waals surface area contributed by atoms with Crippen LogP contribution in [0.5, 0.6) is 0 Å². The Bertz CT molecular complexity index is 1020. The van der Waals surface area contributed by atoms with Crippen LogP contribution in [0.15, 0.2) is 81.2 Å². The van der Waals surface area contributed by atoms with Gasteiger partial charge in [0.05, 0.1) is 0 Å². The molecule has 0 saturated heterocycles. The van der Waals surface area contributed by atoms with Crippen molar-refractivity contribution in [2.45, 2.75) is 21.6 Å². The fourth-order valence-electron chi connectivity index (χ4n) is 2.63. The van der Waals surface area contributed by atoms with Crippen LogP contribution in [0.2, 0.25) is 0 Å². The highest BCUT2D eigenvalue weighted by Gasteiger charge is 2.26. The zero-order valence-corrected chi connectivity index (χ0v) is 17.6. The number of carbonyl (C=O) groups excluding carboxylic acids is 1. The van der Waals surface area contributed by atoms with E-state index in [1.165, 1.54) is 6.07 Å². The molecule has 1 atom stereocenters.